The Morgan fingerprint density at radius 2 is 1.70 bits per heavy atom. The van der Waals surface area contributed by atoms with E-state index in [0.29, 0.717) is 0 Å². The van der Waals surface area contributed by atoms with E-state index in [2.05, 4.69) is 5.32 Å². The van der Waals surface area contributed by atoms with Crippen LogP contribution in [0.1, 0.15) is 31.8 Å². The van der Waals surface area contributed by atoms with Crippen LogP contribution in [0.4, 0.5) is 5.69 Å². The molecule has 0 aliphatic heterocycles. The molecule has 23 heavy (non-hydrogen) atoms. The van der Waals surface area contributed by atoms with Gasteiger partial charge >= 0.3 is 0 Å². The summed E-state index contributed by atoms with van der Waals surface area (Å²) in [5.41, 5.74) is 5.02. The summed E-state index contributed by atoms with van der Waals surface area (Å²) >= 11 is 0. The van der Waals surface area contributed by atoms with Gasteiger partial charge in [0.05, 0.1) is 17.7 Å². The molecule has 116 valence electrons. The van der Waals surface area contributed by atoms with Gasteiger partial charge in [-0.2, -0.15) is 0 Å². The average Bonchev–Trinajstić information content (AvgIpc) is 2.51. The van der Waals surface area contributed by atoms with E-state index in [1.807, 2.05) is 0 Å². The maximum atomic E-state index is 12.6. The number of benzene rings is 2. The number of aromatic hydroxyl groups is 2. The molecular weight excluding hydrogens is 300 g/mol. The van der Waals surface area contributed by atoms with Crippen LogP contribution in [0.2, 0.25) is 0 Å². The molecule has 0 bridgehead atoms. The Kier molecular flexibility index (Phi) is 3.34. The molecule has 0 saturated carbocycles. The number of rotatable bonds is 2. The van der Waals surface area contributed by atoms with Gasteiger partial charge in [-0.1, -0.05) is 12.1 Å². The van der Waals surface area contributed by atoms with Crippen LogP contribution in [0.25, 0.3) is 0 Å². The summed E-state index contributed by atoms with van der Waals surface area (Å²) in [6, 6.07) is 6.62. The molecule has 7 heteroatoms. The second-order valence-electron chi connectivity index (χ2n) is 5.03. The Bertz CT molecular complexity index is 873. The van der Waals surface area contributed by atoms with E-state index in [-0.39, 0.29) is 40.2 Å². The number of carbonyl (C=O) groups excluding carboxylic acids is 3. The number of amides is 1. The zero-order valence-electron chi connectivity index (χ0n) is 11.8. The minimum absolute atomic E-state index is 0.0413. The molecular formula is C16H12N2O5. The van der Waals surface area contributed by atoms with Crippen LogP contribution in [-0.2, 0) is 4.79 Å². The number of anilines is 1. The van der Waals surface area contributed by atoms with Crippen molar-refractivity contribution >= 4 is 23.2 Å². The molecule has 0 spiro atoms. The van der Waals surface area contributed by atoms with E-state index in [9.17, 15) is 24.6 Å². The fraction of sp³-hybridized carbons (Fsp3) is 0.0625. The Morgan fingerprint density at radius 1 is 1.00 bits per heavy atom. The molecule has 3 rings (SSSR count). The lowest BCUT2D eigenvalue weighted by Crippen LogP contribution is -2.24. The van der Waals surface area contributed by atoms with Crippen LogP contribution in [0, 0.1) is 0 Å². The van der Waals surface area contributed by atoms with Crippen LogP contribution in [-0.4, -0.2) is 34.2 Å². The predicted molar refractivity (Wildman–Crippen MR) is 80.8 cm³/mol. The number of phenols is 2. The molecule has 1 amide bonds. The highest BCUT2D eigenvalue weighted by Gasteiger charge is 2.34. The smallest absolute Gasteiger partial charge is 0.238 e. The molecule has 0 unspecified atom stereocenters. The normalized spacial score (nSPS) is 12.6. The number of phenolic OH excluding ortho intramolecular Hbond substituents is 2. The van der Waals surface area contributed by atoms with Crippen molar-refractivity contribution in [3.63, 3.8) is 0 Å². The van der Waals surface area contributed by atoms with Crippen LogP contribution >= 0.6 is 0 Å². The van der Waals surface area contributed by atoms with Crippen LogP contribution in [0.5, 0.6) is 11.5 Å². The highest BCUT2D eigenvalue weighted by molar-refractivity contribution is 6.30. The topological polar surface area (TPSA) is 130 Å². The van der Waals surface area contributed by atoms with Crippen molar-refractivity contribution in [2.75, 3.05) is 11.9 Å². The van der Waals surface area contributed by atoms with Crippen molar-refractivity contribution in [2.24, 2.45) is 5.73 Å². The molecule has 2 aromatic carbocycles. The average molecular weight is 312 g/mol. The molecule has 0 aromatic heterocycles. The van der Waals surface area contributed by atoms with Gasteiger partial charge in [-0.05, 0) is 12.1 Å². The van der Waals surface area contributed by atoms with E-state index in [0.717, 1.165) is 6.07 Å². The van der Waals surface area contributed by atoms with Gasteiger partial charge < -0.3 is 21.3 Å². The molecule has 7 nitrogen and oxygen atoms in total. The first-order valence-electron chi connectivity index (χ1n) is 6.72. The third kappa shape index (κ3) is 2.23. The fourth-order valence-electron chi connectivity index (χ4n) is 2.57. The lowest BCUT2D eigenvalue weighted by atomic mass is 9.83. The van der Waals surface area contributed by atoms with Gasteiger partial charge in [-0.25, -0.2) is 0 Å². The largest absolute Gasteiger partial charge is 0.507 e. The minimum Gasteiger partial charge on any atom is -0.507 e. The zero-order chi connectivity index (χ0) is 16.7. The number of fused-ring (bicyclic) bond motifs is 2. The van der Waals surface area contributed by atoms with Gasteiger partial charge in [0.1, 0.15) is 11.5 Å². The van der Waals surface area contributed by atoms with Crippen LogP contribution < -0.4 is 11.1 Å². The van der Waals surface area contributed by atoms with Crippen molar-refractivity contribution in [3.05, 3.63) is 52.6 Å². The number of ketones is 2. The Balaban J connectivity index is 2.19. The van der Waals surface area contributed by atoms with Gasteiger partial charge in [0.2, 0.25) is 11.7 Å². The molecule has 0 saturated heterocycles. The van der Waals surface area contributed by atoms with E-state index >= 15 is 0 Å². The molecule has 1 aliphatic carbocycles. The van der Waals surface area contributed by atoms with E-state index in [1.165, 1.54) is 24.3 Å². The van der Waals surface area contributed by atoms with Gasteiger partial charge in [0.15, 0.2) is 5.78 Å². The second kappa shape index (κ2) is 5.22. The quantitative estimate of drug-likeness (QED) is 0.553. The first kappa shape index (κ1) is 14.7. The standard InChI is InChI=1S/C16H12N2O5/c17-6-12(21)18-7-4-9-14(11(20)5-7)16(23)13-8(15(9)22)2-1-3-10(13)19/h1-5,19-20H,6,17H2,(H,18,21). The maximum absolute atomic E-state index is 12.6. The van der Waals surface area contributed by atoms with Crippen molar-refractivity contribution < 1.29 is 24.6 Å². The zero-order valence-corrected chi connectivity index (χ0v) is 11.8. The SMILES string of the molecule is NCC(=O)Nc1cc(O)c2c(c1)C(=O)c1cccc(O)c1C2=O. The van der Waals surface area contributed by atoms with E-state index in [1.54, 1.807) is 0 Å². The molecule has 0 atom stereocenters. The summed E-state index contributed by atoms with van der Waals surface area (Å²) < 4.78 is 0. The number of carbonyl (C=O) groups is 3. The highest BCUT2D eigenvalue weighted by Crippen LogP contribution is 2.38. The molecule has 2 aromatic rings. The Labute approximate surface area is 130 Å². The number of hydrogen-bond acceptors (Lipinski definition) is 6. The van der Waals surface area contributed by atoms with E-state index in [4.69, 9.17) is 5.73 Å². The predicted octanol–water partition coefficient (Wildman–Crippen LogP) is 0.770. The summed E-state index contributed by atoms with van der Waals surface area (Å²) in [4.78, 5) is 36.4. The molecule has 0 radical (unpaired) electrons. The second-order valence-corrected chi connectivity index (χ2v) is 5.03. The summed E-state index contributed by atoms with van der Waals surface area (Å²) in [6.45, 7) is -0.262. The maximum Gasteiger partial charge on any atom is 0.238 e. The van der Waals surface area contributed by atoms with Crippen molar-refractivity contribution in [1.82, 2.24) is 0 Å². The first-order chi connectivity index (χ1) is 10.9. The lowest BCUT2D eigenvalue weighted by Gasteiger charge is -2.20. The summed E-state index contributed by atoms with van der Waals surface area (Å²) in [5.74, 6) is -2.46. The Morgan fingerprint density at radius 3 is 2.39 bits per heavy atom. The molecule has 0 fully saturated rings. The van der Waals surface area contributed by atoms with Crippen molar-refractivity contribution in [2.45, 2.75) is 0 Å². The summed E-state index contributed by atoms with van der Waals surface area (Å²) in [7, 11) is 0. The first-order valence-corrected chi connectivity index (χ1v) is 6.72. The minimum atomic E-state index is -0.651. The monoisotopic (exact) mass is 312 g/mol. The van der Waals surface area contributed by atoms with Crippen molar-refractivity contribution in [3.8, 4) is 11.5 Å². The van der Waals surface area contributed by atoms with Gasteiger partial charge in [-0.15, -0.1) is 0 Å². The molecule has 5 N–H and O–H groups in total. The molecule has 1 aliphatic rings. The number of nitrogens with two attached hydrogens (primary N) is 1. The highest BCUT2D eigenvalue weighted by atomic mass is 16.3. The summed E-state index contributed by atoms with van der Waals surface area (Å²) in [5, 5.41) is 22.3. The Hall–Kier alpha value is -3.19. The van der Waals surface area contributed by atoms with Gasteiger partial charge in [0, 0.05) is 22.9 Å². The third-order valence-corrected chi connectivity index (χ3v) is 3.57. The van der Waals surface area contributed by atoms with Crippen LogP contribution in [0.3, 0.4) is 0 Å². The number of nitrogens with one attached hydrogen (secondary N) is 1. The fourth-order valence-corrected chi connectivity index (χ4v) is 2.57. The van der Waals surface area contributed by atoms with E-state index < -0.39 is 23.2 Å². The number of hydrogen-bond donors (Lipinski definition) is 4. The molecule has 0 heterocycles. The summed E-state index contributed by atoms with van der Waals surface area (Å²) in [6.07, 6.45) is 0. The van der Waals surface area contributed by atoms with Gasteiger partial charge in [-0.3, -0.25) is 14.4 Å². The lowest BCUT2D eigenvalue weighted by molar-refractivity contribution is -0.114. The van der Waals surface area contributed by atoms with Crippen molar-refractivity contribution in [1.29, 1.82) is 0 Å². The van der Waals surface area contributed by atoms with Gasteiger partial charge in [0.25, 0.3) is 0 Å². The van der Waals surface area contributed by atoms with Crippen LogP contribution in [0.15, 0.2) is 30.3 Å². The third-order valence-electron chi connectivity index (χ3n) is 3.57.